The molecule has 0 unspecified atom stereocenters. The number of rotatable bonds is 7. The van der Waals surface area contributed by atoms with Gasteiger partial charge >= 0.3 is 0 Å². The molecule has 2 aromatic heterocycles. The molecule has 108 valence electrons. The lowest BCUT2D eigenvalue weighted by Gasteiger charge is -2.11. The van der Waals surface area contributed by atoms with E-state index in [-0.39, 0.29) is 11.4 Å². The maximum atomic E-state index is 12.3. The van der Waals surface area contributed by atoms with E-state index in [9.17, 15) is 8.42 Å². The van der Waals surface area contributed by atoms with Crippen LogP contribution >= 0.6 is 11.3 Å². The molecular formula is C12H16N4O2S2. The highest BCUT2D eigenvalue weighted by Crippen LogP contribution is 2.19. The van der Waals surface area contributed by atoms with Crippen molar-refractivity contribution in [1.82, 2.24) is 14.7 Å². The first-order chi connectivity index (χ1) is 9.63. The average Bonchev–Trinajstić information content (AvgIpc) is 2.97. The van der Waals surface area contributed by atoms with Crippen LogP contribution in [0.5, 0.6) is 0 Å². The molecule has 0 amide bonds. The van der Waals surface area contributed by atoms with E-state index in [4.69, 9.17) is 0 Å². The molecule has 0 aliphatic rings. The molecule has 0 fully saturated rings. The number of pyridine rings is 1. The molecule has 0 atom stereocenters. The Bertz CT molecular complexity index is 641. The number of thiazole rings is 1. The molecule has 0 radical (unpaired) electrons. The Kier molecular flexibility index (Phi) is 5.05. The number of aromatic nitrogens is 2. The lowest BCUT2D eigenvalue weighted by atomic mass is 10.4. The summed E-state index contributed by atoms with van der Waals surface area (Å²) < 4.78 is 27.1. The van der Waals surface area contributed by atoms with Crippen molar-refractivity contribution >= 4 is 27.0 Å². The highest BCUT2D eigenvalue weighted by molar-refractivity contribution is 7.89. The van der Waals surface area contributed by atoms with Gasteiger partial charge in [-0.3, -0.25) is 4.98 Å². The average molecular weight is 312 g/mol. The molecule has 0 aliphatic carbocycles. The molecule has 0 saturated carbocycles. The Balaban J connectivity index is 2.16. The first kappa shape index (κ1) is 14.9. The van der Waals surface area contributed by atoms with Gasteiger partial charge in [0.1, 0.15) is 9.90 Å². The zero-order chi connectivity index (χ0) is 14.4. The molecule has 8 heteroatoms. The highest BCUT2D eigenvalue weighted by Gasteiger charge is 2.18. The molecule has 2 rings (SSSR count). The van der Waals surface area contributed by atoms with Crippen LogP contribution in [0.1, 0.15) is 18.4 Å². The number of hydrogen-bond acceptors (Lipinski definition) is 6. The second-order valence-electron chi connectivity index (χ2n) is 4.05. The second kappa shape index (κ2) is 6.78. The van der Waals surface area contributed by atoms with Gasteiger partial charge in [0.15, 0.2) is 0 Å². The summed E-state index contributed by atoms with van der Waals surface area (Å²) >= 11 is 1.41. The minimum atomic E-state index is -3.61. The van der Waals surface area contributed by atoms with E-state index in [1.54, 1.807) is 18.5 Å². The van der Waals surface area contributed by atoms with E-state index in [0.29, 0.717) is 12.2 Å². The maximum Gasteiger partial charge on any atom is 0.244 e. The minimum absolute atomic E-state index is 0.157. The van der Waals surface area contributed by atoms with Gasteiger partial charge in [-0.05, 0) is 12.5 Å². The van der Waals surface area contributed by atoms with E-state index < -0.39 is 10.0 Å². The highest BCUT2D eigenvalue weighted by atomic mass is 32.2. The van der Waals surface area contributed by atoms with Crippen LogP contribution in [0, 0.1) is 0 Å². The van der Waals surface area contributed by atoms with Crippen LogP contribution in [0.2, 0.25) is 0 Å². The summed E-state index contributed by atoms with van der Waals surface area (Å²) in [6.45, 7) is 2.91. The molecule has 0 bridgehead atoms. The molecule has 0 aromatic carbocycles. The summed E-state index contributed by atoms with van der Waals surface area (Å²) in [6.07, 6.45) is 5.47. The SMILES string of the molecule is CCCNc1ccncc1S(=O)(=O)NCc1nccs1. The number of nitrogens with one attached hydrogen (secondary N) is 2. The van der Waals surface area contributed by atoms with Crippen molar-refractivity contribution in [3.63, 3.8) is 0 Å². The molecule has 0 saturated heterocycles. The van der Waals surface area contributed by atoms with Crippen LogP contribution in [-0.2, 0) is 16.6 Å². The summed E-state index contributed by atoms with van der Waals surface area (Å²) in [6, 6.07) is 1.66. The van der Waals surface area contributed by atoms with Crippen molar-refractivity contribution in [1.29, 1.82) is 0 Å². The van der Waals surface area contributed by atoms with Crippen molar-refractivity contribution in [3.05, 3.63) is 35.0 Å². The fourth-order valence-electron chi connectivity index (χ4n) is 1.57. The monoisotopic (exact) mass is 312 g/mol. The van der Waals surface area contributed by atoms with E-state index >= 15 is 0 Å². The summed E-state index contributed by atoms with van der Waals surface area (Å²) in [4.78, 5) is 8.10. The lowest BCUT2D eigenvalue weighted by molar-refractivity contribution is 0.581. The zero-order valence-electron chi connectivity index (χ0n) is 11.0. The van der Waals surface area contributed by atoms with Crippen LogP contribution in [0.15, 0.2) is 34.9 Å². The van der Waals surface area contributed by atoms with Gasteiger partial charge in [0.2, 0.25) is 10.0 Å². The number of hydrogen-bond donors (Lipinski definition) is 2. The van der Waals surface area contributed by atoms with Crippen molar-refractivity contribution in [2.45, 2.75) is 24.8 Å². The van der Waals surface area contributed by atoms with Crippen LogP contribution in [-0.4, -0.2) is 24.9 Å². The van der Waals surface area contributed by atoms with Gasteiger partial charge in [0.05, 0.1) is 12.2 Å². The molecule has 0 aliphatic heterocycles. The molecule has 20 heavy (non-hydrogen) atoms. The second-order valence-corrected chi connectivity index (χ2v) is 6.76. The predicted molar refractivity (Wildman–Crippen MR) is 79.2 cm³/mol. The molecule has 6 nitrogen and oxygen atoms in total. The number of sulfonamides is 1. The van der Waals surface area contributed by atoms with Crippen LogP contribution in [0.4, 0.5) is 5.69 Å². The Morgan fingerprint density at radius 3 is 2.90 bits per heavy atom. The van der Waals surface area contributed by atoms with Gasteiger partial charge in [-0.15, -0.1) is 11.3 Å². The summed E-state index contributed by atoms with van der Waals surface area (Å²) in [5.74, 6) is 0. The van der Waals surface area contributed by atoms with Gasteiger partial charge < -0.3 is 5.32 Å². The quantitative estimate of drug-likeness (QED) is 0.815. The van der Waals surface area contributed by atoms with Crippen LogP contribution in [0.3, 0.4) is 0 Å². The van der Waals surface area contributed by atoms with E-state index in [1.807, 2.05) is 12.3 Å². The van der Waals surface area contributed by atoms with E-state index in [1.165, 1.54) is 17.5 Å². The molecular weight excluding hydrogens is 296 g/mol. The largest absolute Gasteiger partial charge is 0.384 e. The fourth-order valence-corrected chi connectivity index (χ4v) is 3.33. The third-order valence-corrected chi connectivity index (χ3v) is 4.74. The minimum Gasteiger partial charge on any atom is -0.384 e. The fraction of sp³-hybridized carbons (Fsp3) is 0.333. The van der Waals surface area contributed by atoms with Gasteiger partial charge in [0.25, 0.3) is 0 Å². The van der Waals surface area contributed by atoms with Crippen molar-refractivity contribution in [3.8, 4) is 0 Å². The van der Waals surface area contributed by atoms with Crippen molar-refractivity contribution in [2.24, 2.45) is 0 Å². The summed E-state index contributed by atoms with van der Waals surface area (Å²) in [5, 5.41) is 5.62. The van der Waals surface area contributed by atoms with Crippen LogP contribution < -0.4 is 10.0 Å². The molecule has 2 aromatic rings. The standard InChI is InChI=1S/C12H16N4O2S2/c1-2-4-14-10-3-5-13-8-11(10)20(17,18)16-9-12-15-6-7-19-12/h3,5-8,16H,2,4,9H2,1H3,(H,13,14). The third kappa shape index (κ3) is 3.75. The number of anilines is 1. The summed E-state index contributed by atoms with van der Waals surface area (Å²) in [5.41, 5.74) is 0.563. The van der Waals surface area contributed by atoms with E-state index in [2.05, 4.69) is 20.0 Å². The van der Waals surface area contributed by atoms with E-state index in [0.717, 1.165) is 11.4 Å². The molecule has 0 spiro atoms. The predicted octanol–water partition coefficient (Wildman–Crippen LogP) is 1.84. The molecule has 2 N–H and O–H groups in total. The summed E-state index contributed by atoms with van der Waals surface area (Å²) in [7, 11) is -3.61. The zero-order valence-corrected chi connectivity index (χ0v) is 12.7. The lowest BCUT2D eigenvalue weighted by Crippen LogP contribution is -2.24. The Morgan fingerprint density at radius 1 is 1.35 bits per heavy atom. The Labute approximate surface area is 122 Å². The smallest absolute Gasteiger partial charge is 0.244 e. The number of nitrogens with zero attached hydrogens (tertiary/aromatic N) is 2. The Morgan fingerprint density at radius 2 is 2.20 bits per heavy atom. The third-order valence-electron chi connectivity index (χ3n) is 2.54. The van der Waals surface area contributed by atoms with Gasteiger partial charge in [-0.1, -0.05) is 6.92 Å². The first-order valence-corrected chi connectivity index (χ1v) is 8.55. The van der Waals surface area contributed by atoms with Crippen molar-refractivity contribution in [2.75, 3.05) is 11.9 Å². The normalized spacial score (nSPS) is 11.4. The molecule has 2 heterocycles. The van der Waals surface area contributed by atoms with Gasteiger partial charge in [-0.25, -0.2) is 18.1 Å². The van der Waals surface area contributed by atoms with Crippen LogP contribution in [0.25, 0.3) is 0 Å². The first-order valence-electron chi connectivity index (χ1n) is 6.19. The van der Waals surface area contributed by atoms with Gasteiger partial charge in [-0.2, -0.15) is 0 Å². The topological polar surface area (TPSA) is 84.0 Å². The Hall–Kier alpha value is -1.51. The van der Waals surface area contributed by atoms with Crippen molar-refractivity contribution < 1.29 is 8.42 Å². The maximum absolute atomic E-state index is 12.3. The van der Waals surface area contributed by atoms with Gasteiger partial charge in [0, 0.05) is 30.5 Å².